The van der Waals surface area contributed by atoms with Gasteiger partial charge in [-0.15, -0.1) is 0 Å². The van der Waals surface area contributed by atoms with Gasteiger partial charge in [0, 0.05) is 26.2 Å². The topological polar surface area (TPSA) is 107 Å². The van der Waals surface area contributed by atoms with E-state index in [1.165, 1.54) is 6.20 Å². The van der Waals surface area contributed by atoms with E-state index in [1.54, 1.807) is 9.80 Å². The van der Waals surface area contributed by atoms with E-state index in [-0.39, 0.29) is 18.0 Å². The van der Waals surface area contributed by atoms with Crippen molar-refractivity contribution in [2.45, 2.75) is 6.04 Å². The van der Waals surface area contributed by atoms with Crippen LogP contribution in [0.5, 0.6) is 0 Å². The smallest absolute Gasteiger partial charge is 0.317 e. The minimum Gasteiger partial charge on any atom is -0.396 e. The van der Waals surface area contributed by atoms with Crippen molar-refractivity contribution in [1.82, 2.24) is 25.3 Å². The van der Waals surface area contributed by atoms with Gasteiger partial charge in [-0.2, -0.15) is 5.10 Å². The molecule has 18 heavy (non-hydrogen) atoms. The molecule has 8 heteroatoms. The molecule has 2 aliphatic rings. The Bertz CT molecular complexity index is 498. The van der Waals surface area contributed by atoms with Gasteiger partial charge in [0.2, 0.25) is 0 Å². The lowest BCUT2D eigenvalue weighted by Gasteiger charge is -2.36. The van der Waals surface area contributed by atoms with Crippen molar-refractivity contribution in [2.24, 2.45) is 0 Å². The number of nitrogens with one attached hydrogen (secondary N) is 2. The van der Waals surface area contributed by atoms with Crippen molar-refractivity contribution in [3.8, 4) is 0 Å². The van der Waals surface area contributed by atoms with Crippen molar-refractivity contribution < 1.29 is 9.59 Å². The minimum absolute atomic E-state index is 0.0480. The predicted octanol–water partition coefficient (Wildman–Crippen LogP) is -1.16. The third-order valence-electron chi connectivity index (χ3n) is 3.40. The SMILES string of the molecule is Nc1cn[nH]c1C(=O)N1CCN2C(=O)NCC2C1. The molecular weight excluding hydrogens is 236 g/mol. The van der Waals surface area contributed by atoms with Crippen molar-refractivity contribution in [1.29, 1.82) is 0 Å². The van der Waals surface area contributed by atoms with Crippen LogP contribution in [0.4, 0.5) is 10.5 Å². The van der Waals surface area contributed by atoms with Crippen molar-refractivity contribution in [3.63, 3.8) is 0 Å². The average molecular weight is 250 g/mol. The molecule has 0 bridgehead atoms. The van der Waals surface area contributed by atoms with Gasteiger partial charge in [0.05, 0.1) is 17.9 Å². The molecule has 2 saturated heterocycles. The lowest BCUT2D eigenvalue weighted by molar-refractivity contribution is 0.0612. The van der Waals surface area contributed by atoms with Crippen LogP contribution in [0.25, 0.3) is 0 Å². The number of H-pyrrole nitrogens is 1. The van der Waals surface area contributed by atoms with Crippen LogP contribution in [0.3, 0.4) is 0 Å². The maximum atomic E-state index is 12.2. The van der Waals surface area contributed by atoms with Crippen molar-refractivity contribution >= 4 is 17.6 Å². The van der Waals surface area contributed by atoms with Crippen LogP contribution < -0.4 is 11.1 Å². The number of amides is 3. The first-order valence-electron chi connectivity index (χ1n) is 5.79. The molecule has 3 heterocycles. The zero-order valence-corrected chi connectivity index (χ0v) is 9.72. The molecular formula is C10H14N6O2. The van der Waals surface area contributed by atoms with E-state index < -0.39 is 0 Å². The summed E-state index contributed by atoms with van der Waals surface area (Å²) in [5.74, 6) is -0.163. The molecule has 0 aliphatic carbocycles. The summed E-state index contributed by atoms with van der Waals surface area (Å²) in [7, 11) is 0. The summed E-state index contributed by atoms with van der Waals surface area (Å²) in [6, 6.07) is 0.00694. The van der Waals surface area contributed by atoms with Gasteiger partial charge in [-0.1, -0.05) is 0 Å². The quantitative estimate of drug-likeness (QED) is 0.584. The second kappa shape index (κ2) is 3.90. The second-order valence-electron chi connectivity index (χ2n) is 4.48. The van der Waals surface area contributed by atoms with Crippen molar-refractivity contribution in [3.05, 3.63) is 11.9 Å². The van der Waals surface area contributed by atoms with Crippen LogP contribution in [0.15, 0.2) is 6.20 Å². The summed E-state index contributed by atoms with van der Waals surface area (Å²) >= 11 is 0. The van der Waals surface area contributed by atoms with E-state index in [0.717, 1.165) is 0 Å². The van der Waals surface area contributed by atoms with E-state index in [2.05, 4.69) is 15.5 Å². The first-order chi connectivity index (χ1) is 8.66. The molecule has 2 aliphatic heterocycles. The fraction of sp³-hybridized carbons (Fsp3) is 0.500. The molecule has 3 amide bonds. The highest BCUT2D eigenvalue weighted by molar-refractivity contribution is 5.97. The molecule has 0 spiro atoms. The first-order valence-corrected chi connectivity index (χ1v) is 5.79. The second-order valence-corrected chi connectivity index (χ2v) is 4.48. The van der Waals surface area contributed by atoms with Crippen LogP contribution in [0.1, 0.15) is 10.5 Å². The van der Waals surface area contributed by atoms with Gasteiger partial charge in [0.1, 0.15) is 5.69 Å². The average Bonchev–Trinajstić information content (AvgIpc) is 2.95. The Kier molecular flexibility index (Phi) is 2.35. The van der Waals surface area contributed by atoms with Gasteiger partial charge in [0.15, 0.2) is 0 Å². The molecule has 1 aromatic rings. The Balaban J connectivity index is 1.74. The predicted molar refractivity (Wildman–Crippen MR) is 62.8 cm³/mol. The number of hydrogen-bond acceptors (Lipinski definition) is 4. The summed E-state index contributed by atoms with van der Waals surface area (Å²) in [6.07, 6.45) is 1.42. The number of nitrogen functional groups attached to an aromatic ring is 1. The summed E-state index contributed by atoms with van der Waals surface area (Å²) in [5, 5.41) is 9.12. The number of hydrogen-bond donors (Lipinski definition) is 3. The Labute approximate surface area is 103 Å². The minimum atomic E-state index is -0.163. The number of rotatable bonds is 1. The number of nitrogens with two attached hydrogens (primary N) is 1. The number of aromatic amines is 1. The summed E-state index contributed by atoms with van der Waals surface area (Å²) < 4.78 is 0. The lowest BCUT2D eigenvalue weighted by atomic mass is 10.2. The molecule has 0 radical (unpaired) electrons. The highest BCUT2D eigenvalue weighted by Crippen LogP contribution is 2.17. The number of anilines is 1. The van der Waals surface area contributed by atoms with Gasteiger partial charge >= 0.3 is 6.03 Å². The van der Waals surface area contributed by atoms with Gasteiger partial charge in [-0.05, 0) is 0 Å². The molecule has 1 unspecified atom stereocenters. The zero-order chi connectivity index (χ0) is 12.7. The number of carbonyl (C=O) groups excluding carboxylic acids is 2. The summed E-state index contributed by atoms with van der Waals surface area (Å²) in [5.41, 5.74) is 6.33. The van der Waals surface area contributed by atoms with Gasteiger partial charge in [-0.25, -0.2) is 4.79 Å². The van der Waals surface area contributed by atoms with Crippen LogP contribution in [0.2, 0.25) is 0 Å². The standard InChI is InChI=1S/C10H14N6O2/c11-7-4-13-14-8(7)9(17)15-1-2-16-6(5-15)3-12-10(16)18/h4,6H,1-3,5,11H2,(H,12,18)(H,13,14). The number of carbonyl (C=O) groups is 2. The van der Waals surface area contributed by atoms with Crippen LogP contribution in [-0.4, -0.2) is 64.2 Å². The van der Waals surface area contributed by atoms with E-state index in [4.69, 9.17) is 5.73 Å². The molecule has 1 atom stereocenters. The molecule has 0 saturated carbocycles. The molecule has 4 N–H and O–H groups in total. The number of nitrogens with zero attached hydrogens (tertiary/aromatic N) is 3. The van der Waals surface area contributed by atoms with Crippen LogP contribution >= 0.6 is 0 Å². The number of urea groups is 1. The third kappa shape index (κ3) is 1.57. The lowest BCUT2D eigenvalue weighted by Crippen LogP contribution is -2.53. The highest BCUT2D eigenvalue weighted by atomic mass is 16.2. The largest absolute Gasteiger partial charge is 0.396 e. The van der Waals surface area contributed by atoms with Crippen LogP contribution in [0, 0.1) is 0 Å². The Hall–Kier alpha value is -2.25. The summed E-state index contributed by atoms with van der Waals surface area (Å²) in [4.78, 5) is 27.1. The van der Waals surface area contributed by atoms with E-state index in [1.807, 2.05) is 0 Å². The fourth-order valence-electron chi connectivity index (χ4n) is 2.41. The maximum Gasteiger partial charge on any atom is 0.317 e. The van der Waals surface area contributed by atoms with E-state index in [0.29, 0.717) is 37.6 Å². The summed E-state index contributed by atoms with van der Waals surface area (Å²) in [6.45, 7) is 2.18. The first kappa shape index (κ1) is 10.9. The zero-order valence-electron chi connectivity index (χ0n) is 9.72. The Morgan fingerprint density at radius 2 is 2.33 bits per heavy atom. The number of aromatic nitrogens is 2. The Morgan fingerprint density at radius 1 is 1.50 bits per heavy atom. The molecule has 96 valence electrons. The monoisotopic (exact) mass is 250 g/mol. The van der Waals surface area contributed by atoms with E-state index in [9.17, 15) is 9.59 Å². The molecule has 8 nitrogen and oxygen atoms in total. The van der Waals surface area contributed by atoms with Crippen LogP contribution in [-0.2, 0) is 0 Å². The Morgan fingerprint density at radius 3 is 3.06 bits per heavy atom. The molecule has 0 aromatic carbocycles. The van der Waals surface area contributed by atoms with Gasteiger partial charge < -0.3 is 20.9 Å². The van der Waals surface area contributed by atoms with Gasteiger partial charge in [0.25, 0.3) is 5.91 Å². The molecule has 1 aromatic heterocycles. The number of fused-ring (bicyclic) bond motifs is 1. The fourth-order valence-corrected chi connectivity index (χ4v) is 2.41. The van der Waals surface area contributed by atoms with E-state index >= 15 is 0 Å². The maximum absolute atomic E-state index is 12.2. The normalized spacial score (nSPS) is 22.9. The number of piperazine rings is 1. The van der Waals surface area contributed by atoms with Gasteiger partial charge in [-0.3, -0.25) is 9.89 Å². The third-order valence-corrected chi connectivity index (χ3v) is 3.40. The molecule has 2 fully saturated rings. The molecule has 3 rings (SSSR count). The highest BCUT2D eigenvalue weighted by Gasteiger charge is 2.37. The van der Waals surface area contributed by atoms with Crippen molar-refractivity contribution in [2.75, 3.05) is 31.9 Å².